The third kappa shape index (κ3) is 3.31. The number of urea groups is 1. The highest BCUT2D eigenvalue weighted by Gasteiger charge is 2.51. The summed E-state index contributed by atoms with van der Waals surface area (Å²) in [4.78, 5) is 39.2. The van der Waals surface area contributed by atoms with Crippen LogP contribution in [0, 0.1) is 0 Å². The number of hydrogen-bond donors (Lipinski definition) is 1. The predicted octanol–water partition coefficient (Wildman–Crippen LogP) is 2.74. The van der Waals surface area contributed by atoms with Crippen molar-refractivity contribution in [2.45, 2.75) is 18.9 Å². The number of benzene rings is 2. The van der Waals surface area contributed by atoms with Gasteiger partial charge in [0.2, 0.25) is 0 Å². The molecule has 0 aromatic heterocycles. The maximum Gasteiger partial charge on any atom is 0.325 e. The largest absolute Gasteiger partial charge is 0.497 e. The van der Waals surface area contributed by atoms with E-state index in [4.69, 9.17) is 9.47 Å². The van der Waals surface area contributed by atoms with Gasteiger partial charge in [0.1, 0.15) is 17.0 Å². The monoisotopic (exact) mass is 382 g/mol. The number of methoxy groups -OCH3 is 2. The molecule has 2 aromatic rings. The third-order valence-electron chi connectivity index (χ3n) is 5.00. The Balaban J connectivity index is 1.83. The molecule has 1 saturated heterocycles. The molecular weight excluding hydrogens is 360 g/mol. The van der Waals surface area contributed by atoms with Gasteiger partial charge >= 0.3 is 6.03 Å². The molecular formula is C21H22N2O5. The zero-order valence-electron chi connectivity index (χ0n) is 16.0. The van der Waals surface area contributed by atoms with Gasteiger partial charge in [0.15, 0.2) is 5.78 Å². The zero-order valence-corrected chi connectivity index (χ0v) is 16.0. The van der Waals surface area contributed by atoms with Gasteiger partial charge in [-0.2, -0.15) is 0 Å². The average molecular weight is 382 g/mol. The molecule has 0 aliphatic carbocycles. The first-order valence-corrected chi connectivity index (χ1v) is 8.91. The van der Waals surface area contributed by atoms with Gasteiger partial charge in [-0.15, -0.1) is 0 Å². The Morgan fingerprint density at radius 3 is 2.00 bits per heavy atom. The highest BCUT2D eigenvalue weighted by Crippen LogP contribution is 2.33. The van der Waals surface area contributed by atoms with Gasteiger partial charge in [-0.3, -0.25) is 14.5 Å². The van der Waals surface area contributed by atoms with E-state index in [-0.39, 0.29) is 12.3 Å². The van der Waals surface area contributed by atoms with E-state index in [1.807, 2.05) is 6.92 Å². The fraction of sp³-hybridized carbons (Fsp3) is 0.286. The Kier molecular flexibility index (Phi) is 5.35. The number of Topliss-reactive ketones (excluding diaryl/α,β-unsaturated/α-hetero) is 1. The molecule has 0 unspecified atom stereocenters. The van der Waals surface area contributed by atoms with Crippen LogP contribution >= 0.6 is 0 Å². The standard InChI is InChI=1S/C21H22N2O5/c1-4-21(15-7-11-17(28-3)12-8-15)19(25)23(20(26)22-21)13-18(24)14-5-9-16(27-2)10-6-14/h5-12H,4,13H2,1-3H3,(H,22,26)/t21-/m0/s1. The summed E-state index contributed by atoms with van der Waals surface area (Å²) in [6.45, 7) is 1.49. The van der Waals surface area contributed by atoms with Crippen molar-refractivity contribution in [3.63, 3.8) is 0 Å². The molecule has 0 saturated carbocycles. The minimum Gasteiger partial charge on any atom is -0.497 e. The maximum absolute atomic E-state index is 13.1. The lowest BCUT2D eigenvalue weighted by molar-refractivity contribution is -0.131. The zero-order chi connectivity index (χ0) is 20.3. The summed E-state index contributed by atoms with van der Waals surface area (Å²) >= 11 is 0. The van der Waals surface area contributed by atoms with E-state index in [0.29, 0.717) is 29.0 Å². The van der Waals surface area contributed by atoms with E-state index >= 15 is 0 Å². The number of nitrogens with zero attached hydrogens (tertiary/aromatic N) is 1. The van der Waals surface area contributed by atoms with Crippen LogP contribution in [-0.2, 0) is 10.3 Å². The molecule has 3 amide bonds. The highest BCUT2D eigenvalue weighted by atomic mass is 16.5. The molecule has 3 rings (SSSR count). The number of carbonyl (C=O) groups excluding carboxylic acids is 3. The Morgan fingerprint density at radius 2 is 1.50 bits per heavy atom. The first kappa shape index (κ1) is 19.4. The quantitative estimate of drug-likeness (QED) is 0.588. The van der Waals surface area contributed by atoms with Crippen molar-refractivity contribution < 1.29 is 23.9 Å². The first-order valence-electron chi connectivity index (χ1n) is 8.91. The summed E-state index contributed by atoms with van der Waals surface area (Å²) < 4.78 is 10.2. The number of ether oxygens (including phenoxy) is 2. The van der Waals surface area contributed by atoms with E-state index in [1.165, 1.54) is 7.11 Å². The summed E-state index contributed by atoms with van der Waals surface area (Å²) in [5.41, 5.74) is -0.141. The number of ketones is 1. The fourth-order valence-corrected chi connectivity index (χ4v) is 3.30. The Bertz CT molecular complexity index is 892. The van der Waals surface area contributed by atoms with Gasteiger partial charge in [-0.05, 0) is 48.4 Å². The minimum atomic E-state index is -1.19. The molecule has 28 heavy (non-hydrogen) atoms. The number of imide groups is 1. The van der Waals surface area contributed by atoms with Gasteiger partial charge in [0, 0.05) is 5.56 Å². The molecule has 1 fully saturated rings. The predicted molar refractivity (Wildman–Crippen MR) is 103 cm³/mol. The summed E-state index contributed by atoms with van der Waals surface area (Å²) in [5, 5.41) is 2.77. The highest BCUT2D eigenvalue weighted by molar-refractivity contribution is 6.11. The SMILES string of the molecule is CC[C@@]1(c2ccc(OC)cc2)NC(=O)N(CC(=O)c2ccc(OC)cc2)C1=O. The molecule has 2 aromatic carbocycles. The summed E-state index contributed by atoms with van der Waals surface area (Å²) in [7, 11) is 3.09. The van der Waals surface area contributed by atoms with Crippen LogP contribution in [-0.4, -0.2) is 43.4 Å². The van der Waals surface area contributed by atoms with Crippen LogP contribution in [0.3, 0.4) is 0 Å². The van der Waals surface area contributed by atoms with Crippen molar-refractivity contribution in [1.29, 1.82) is 0 Å². The molecule has 1 aliphatic rings. The van der Waals surface area contributed by atoms with Crippen LogP contribution in [0.2, 0.25) is 0 Å². The molecule has 0 spiro atoms. The number of hydrogen-bond acceptors (Lipinski definition) is 5. The van der Waals surface area contributed by atoms with Crippen LogP contribution in [0.25, 0.3) is 0 Å². The van der Waals surface area contributed by atoms with E-state index in [2.05, 4.69) is 5.32 Å². The topological polar surface area (TPSA) is 84.9 Å². The van der Waals surface area contributed by atoms with Crippen LogP contribution in [0.5, 0.6) is 11.5 Å². The number of carbonyl (C=O) groups is 3. The molecule has 1 N–H and O–H groups in total. The van der Waals surface area contributed by atoms with Crippen molar-refractivity contribution >= 4 is 17.7 Å². The lowest BCUT2D eigenvalue weighted by Crippen LogP contribution is -2.43. The lowest BCUT2D eigenvalue weighted by atomic mass is 9.87. The molecule has 0 bridgehead atoms. The summed E-state index contributed by atoms with van der Waals surface area (Å²) in [6.07, 6.45) is 0.358. The first-order chi connectivity index (χ1) is 13.4. The number of rotatable bonds is 7. The minimum absolute atomic E-state index is 0.325. The lowest BCUT2D eigenvalue weighted by Gasteiger charge is -2.26. The maximum atomic E-state index is 13.1. The van der Waals surface area contributed by atoms with Gasteiger partial charge in [0.25, 0.3) is 5.91 Å². The van der Waals surface area contributed by atoms with Crippen LogP contribution < -0.4 is 14.8 Å². The van der Waals surface area contributed by atoms with Crippen LogP contribution in [0.1, 0.15) is 29.3 Å². The third-order valence-corrected chi connectivity index (χ3v) is 5.00. The smallest absolute Gasteiger partial charge is 0.325 e. The van der Waals surface area contributed by atoms with E-state index < -0.39 is 17.5 Å². The van der Waals surface area contributed by atoms with Crippen molar-refractivity contribution in [1.82, 2.24) is 10.2 Å². The molecule has 7 heteroatoms. The second-order valence-corrected chi connectivity index (χ2v) is 6.46. The van der Waals surface area contributed by atoms with Crippen molar-refractivity contribution in [2.75, 3.05) is 20.8 Å². The Hall–Kier alpha value is -3.35. The Morgan fingerprint density at radius 1 is 0.964 bits per heavy atom. The van der Waals surface area contributed by atoms with Crippen molar-refractivity contribution in [3.8, 4) is 11.5 Å². The number of amides is 3. The second-order valence-electron chi connectivity index (χ2n) is 6.46. The molecule has 0 radical (unpaired) electrons. The van der Waals surface area contributed by atoms with Gasteiger partial charge in [0.05, 0.1) is 20.8 Å². The van der Waals surface area contributed by atoms with E-state index in [0.717, 1.165) is 4.90 Å². The summed E-state index contributed by atoms with van der Waals surface area (Å²) in [5.74, 6) is 0.508. The second kappa shape index (κ2) is 7.72. The van der Waals surface area contributed by atoms with Crippen molar-refractivity contribution in [2.24, 2.45) is 0 Å². The fourth-order valence-electron chi connectivity index (χ4n) is 3.30. The van der Waals surface area contributed by atoms with Crippen LogP contribution in [0.15, 0.2) is 48.5 Å². The molecule has 1 heterocycles. The van der Waals surface area contributed by atoms with Gasteiger partial charge in [-0.1, -0.05) is 19.1 Å². The van der Waals surface area contributed by atoms with Crippen molar-refractivity contribution in [3.05, 3.63) is 59.7 Å². The van der Waals surface area contributed by atoms with E-state index in [9.17, 15) is 14.4 Å². The molecule has 146 valence electrons. The Labute approximate surface area is 163 Å². The number of nitrogens with one attached hydrogen (secondary N) is 1. The molecule has 1 aliphatic heterocycles. The molecule has 7 nitrogen and oxygen atoms in total. The summed E-state index contributed by atoms with van der Waals surface area (Å²) in [6, 6.07) is 12.9. The van der Waals surface area contributed by atoms with E-state index in [1.54, 1.807) is 55.6 Å². The van der Waals surface area contributed by atoms with Gasteiger partial charge < -0.3 is 14.8 Å². The molecule has 1 atom stereocenters. The van der Waals surface area contributed by atoms with Gasteiger partial charge in [-0.25, -0.2) is 4.79 Å². The average Bonchev–Trinajstić information content (AvgIpc) is 2.98. The van der Waals surface area contributed by atoms with Crippen LogP contribution in [0.4, 0.5) is 4.79 Å². The normalized spacial score (nSPS) is 18.8.